The second kappa shape index (κ2) is 7.20. The predicted octanol–water partition coefficient (Wildman–Crippen LogP) is 3.52. The molecule has 0 fully saturated rings. The van der Waals surface area contributed by atoms with Crippen LogP contribution in [0.15, 0.2) is 46.1 Å². The number of fused-ring (bicyclic) bond motifs is 1. The minimum atomic E-state index is -1.43. The van der Waals surface area contributed by atoms with Crippen LogP contribution in [0.3, 0.4) is 0 Å². The molecule has 1 heterocycles. The van der Waals surface area contributed by atoms with Crippen molar-refractivity contribution in [1.82, 2.24) is 4.90 Å². The molecular weight excluding hydrogens is 402 g/mol. The van der Waals surface area contributed by atoms with Crippen LogP contribution < -0.4 is 5.73 Å². The molecule has 6 heteroatoms. The lowest BCUT2D eigenvalue weighted by molar-refractivity contribution is 0.187. The highest BCUT2D eigenvalue weighted by Crippen LogP contribution is 2.54. The first-order chi connectivity index (χ1) is 12.9. The van der Waals surface area contributed by atoms with Gasteiger partial charge in [-0.15, -0.1) is 0 Å². The molecular formula is C21H20BrN5. The standard InChI is InChI=1S/C21H20BrN5/c1-13(2)27-8-7-17-16(10-27)18(15-5-3-14(9-23)4-6-15)19(22)20(26)21(17,11-24)12-25/h3-7,13,16,18H,8,10,26H2,1-2H3/t16-,18-/m1/s1. The minimum Gasteiger partial charge on any atom is -0.399 e. The molecule has 0 saturated carbocycles. The summed E-state index contributed by atoms with van der Waals surface area (Å²) in [6.07, 6.45) is 2.00. The van der Waals surface area contributed by atoms with Gasteiger partial charge in [0, 0.05) is 35.4 Å². The molecule has 2 atom stereocenters. The quantitative estimate of drug-likeness (QED) is 0.735. The lowest BCUT2D eigenvalue weighted by Gasteiger charge is -2.46. The van der Waals surface area contributed by atoms with Gasteiger partial charge in [-0.1, -0.05) is 34.1 Å². The molecule has 27 heavy (non-hydrogen) atoms. The Labute approximate surface area is 168 Å². The molecule has 0 radical (unpaired) electrons. The Balaban J connectivity index is 2.20. The maximum absolute atomic E-state index is 9.87. The number of allylic oxidation sites excluding steroid dienone is 2. The van der Waals surface area contributed by atoms with E-state index in [0.717, 1.165) is 17.7 Å². The molecule has 1 aliphatic carbocycles. The highest BCUT2D eigenvalue weighted by molar-refractivity contribution is 9.11. The minimum absolute atomic E-state index is 0.0462. The number of benzene rings is 1. The van der Waals surface area contributed by atoms with Gasteiger partial charge in [0.05, 0.1) is 29.5 Å². The Morgan fingerprint density at radius 3 is 2.33 bits per heavy atom. The number of nitriles is 3. The Morgan fingerprint density at radius 1 is 1.19 bits per heavy atom. The first-order valence-electron chi connectivity index (χ1n) is 8.82. The van der Waals surface area contributed by atoms with Gasteiger partial charge in [-0.2, -0.15) is 15.8 Å². The summed E-state index contributed by atoms with van der Waals surface area (Å²) in [5.74, 6) is -0.143. The molecule has 1 aromatic rings. The molecule has 0 bridgehead atoms. The van der Waals surface area contributed by atoms with Crippen LogP contribution in [0.4, 0.5) is 0 Å². The average Bonchev–Trinajstić information content (AvgIpc) is 2.69. The topological polar surface area (TPSA) is 101 Å². The fourth-order valence-corrected chi connectivity index (χ4v) is 4.91. The predicted molar refractivity (Wildman–Crippen MR) is 106 cm³/mol. The van der Waals surface area contributed by atoms with E-state index in [1.54, 1.807) is 12.1 Å². The Morgan fingerprint density at radius 2 is 1.81 bits per heavy atom. The normalized spacial score (nSPS) is 24.4. The van der Waals surface area contributed by atoms with Crippen molar-refractivity contribution >= 4 is 15.9 Å². The zero-order valence-electron chi connectivity index (χ0n) is 15.3. The molecule has 136 valence electrons. The lowest BCUT2D eigenvalue weighted by atomic mass is 9.62. The first-order valence-corrected chi connectivity index (χ1v) is 9.61. The molecule has 0 aromatic heterocycles. The van der Waals surface area contributed by atoms with E-state index in [4.69, 9.17) is 11.0 Å². The van der Waals surface area contributed by atoms with E-state index in [-0.39, 0.29) is 17.5 Å². The molecule has 0 saturated heterocycles. The van der Waals surface area contributed by atoms with Crippen LogP contribution in [-0.2, 0) is 0 Å². The summed E-state index contributed by atoms with van der Waals surface area (Å²) < 4.78 is 0.683. The van der Waals surface area contributed by atoms with Crippen LogP contribution >= 0.6 is 15.9 Å². The Kier molecular flexibility index (Phi) is 5.11. The first kappa shape index (κ1) is 19.2. The fraction of sp³-hybridized carbons (Fsp3) is 0.381. The average molecular weight is 422 g/mol. The Bertz CT molecular complexity index is 923. The monoisotopic (exact) mass is 421 g/mol. The van der Waals surface area contributed by atoms with Gasteiger partial charge in [-0.25, -0.2) is 0 Å². The zero-order valence-corrected chi connectivity index (χ0v) is 16.9. The van der Waals surface area contributed by atoms with E-state index in [0.29, 0.717) is 22.6 Å². The molecule has 2 N–H and O–H groups in total. The number of rotatable bonds is 2. The molecule has 1 aliphatic heterocycles. The number of halogens is 1. The van der Waals surface area contributed by atoms with Crippen LogP contribution in [0.2, 0.25) is 0 Å². The lowest BCUT2D eigenvalue weighted by Crippen LogP contribution is -2.48. The van der Waals surface area contributed by atoms with E-state index >= 15 is 0 Å². The van der Waals surface area contributed by atoms with Crippen LogP contribution in [0.5, 0.6) is 0 Å². The van der Waals surface area contributed by atoms with E-state index in [9.17, 15) is 10.5 Å². The van der Waals surface area contributed by atoms with Crippen molar-refractivity contribution in [3.8, 4) is 18.2 Å². The van der Waals surface area contributed by atoms with Gasteiger partial charge in [0.25, 0.3) is 0 Å². The van der Waals surface area contributed by atoms with Gasteiger partial charge < -0.3 is 5.73 Å². The van der Waals surface area contributed by atoms with E-state index in [1.165, 1.54) is 0 Å². The fourth-order valence-electron chi connectivity index (χ4n) is 4.03. The van der Waals surface area contributed by atoms with Crippen molar-refractivity contribution in [3.05, 3.63) is 57.2 Å². The van der Waals surface area contributed by atoms with Crippen molar-refractivity contribution in [2.45, 2.75) is 25.8 Å². The number of hydrogen-bond acceptors (Lipinski definition) is 5. The van der Waals surface area contributed by atoms with Gasteiger partial charge in [0.15, 0.2) is 0 Å². The van der Waals surface area contributed by atoms with Gasteiger partial charge in [0.2, 0.25) is 5.41 Å². The summed E-state index contributed by atoms with van der Waals surface area (Å²) in [6.45, 7) is 5.71. The van der Waals surface area contributed by atoms with E-state index in [2.05, 4.69) is 52.9 Å². The zero-order chi connectivity index (χ0) is 19.8. The third-order valence-corrected chi connectivity index (χ3v) is 6.53. The van der Waals surface area contributed by atoms with Crippen molar-refractivity contribution < 1.29 is 0 Å². The van der Waals surface area contributed by atoms with Gasteiger partial charge >= 0.3 is 0 Å². The Hall–Kier alpha value is -2.59. The van der Waals surface area contributed by atoms with Crippen LogP contribution in [-0.4, -0.2) is 24.0 Å². The van der Waals surface area contributed by atoms with Crippen molar-refractivity contribution in [1.29, 1.82) is 15.8 Å². The third kappa shape index (κ3) is 2.94. The summed E-state index contributed by atoms with van der Waals surface area (Å²) in [6, 6.07) is 14.3. The summed E-state index contributed by atoms with van der Waals surface area (Å²) in [5, 5.41) is 28.8. The summed E-state index contributed by atoms with van der Waals surface area (Å²) in [5.41, 5.74) is 7.57. The van der Waals surface area contributed by atoms with Crippen molar-refractivity contribution in [2.24, 2.45) is 17.1 Å². The van der Waals surface area contributed by atoms with Crippen LogP contribution in [0.25, 0.3) is 0 Å². The number of nitrogens with zero attached hydrogens (tertiary/aromatic N) is 4. The molecule has 0 spiro atoms. The molecule has 1 aromatic carbocycles. The van der Waals surface area contributed by atoms with Crippen LogP contribution in [0.1, 0.15) is 30.9 Å². The highest BCUT2D eigenvalue weighted by Gasteiger charge is 2.51. The summed E-state index contributed by atoms with van der Waals surface area (Å²) in [7, 11) is 0. The summed E-state index contributed by atoms with van der Waals surface area (Å²) >= 11 is 3.61. The largest absolute Gasteiger partial charge is 0.399 e. The highest BCUT2D eigenvalue weighted by atomic mass is 79.9. The van der Waals surface area contributed by atoms with Crippen molar-refractivity contribution in [3.63, 3.8) is 0 Å². The second-order valence-electron chi connectivity index (χ2n) is 7.26. The van der Waals surface area contributed by atoms with Crippen LogP contribution in [0, 0.1) is 45.3 Å². The van der Waals surface area contributed by atoms with E-state index < -0.39 is 5.41 Å². The number of hydrogen-bond donors (Lipinski definition) is 1. The molecule has 0 amide bonds. The maximum atomic E-state index is 9.87. The van der Waals surface area contributed by atoms with Gasteiger partial charge in [-0.05, 0) is 37.1 Å². The molecule has 5 nitrogen and oxygen atoms in total. The molecule has 2 aliphatic rings. The number of nitrogens with two attached hydrogens (primary N) is 1. The van der Waals surface area contributed by atoms with Gasteiger partial charge in [-0.3, -0.25) is 4.90 Å². The summed E-state index contributed by atoms with van der Waals surface area (Å²) in [4.78, 5) is 2.33. The maximum Gasteiger partial charge on any atom is 0.204 e. The smallest absolute Gasteiger partial charge is 0.204 e. The van der Waals surface area contributed by atoms with E-state index in [1.807, 2.05) is 18.2 Å². The SMILES string of the molecule is CC(C)N1CC=C2[C@@H](C1)[C@@H](c1ccc(C#N)cc1)C(Br)=C(N)C2(C#N)C#N. The second-order valence-corrected chi connectivity index (χ2v) is 8.11. The molecule has 3 rings (SSSR count). The van der Waals surface area contributed by atoms with Crippen molar-refractivity contribution in [2.75, 3.05) is 13.1 Å². The van der Waals surface area contributed by atoms with Gasteiger partial charge in [0.1, 0.15) is 0 Å². The molecule has 0 unspecified atom stereocenters. The third-order valence-electron chi connectivity index (χ3n) is 5.61.